The van der Waals surface area contributed by atoms with E-state index < -0.39 is 0 Å². The van der Waals surface area contributed by atoms with Crippen LogP contribution in [0.1, 0.15) is 33.1 Å². The Labute approximate surface area is 72.7 Å². The fraction of sp³-hybridized carbons (Fsp3) is 0.889. The SMILES string of the molecule is CC(=O)C[C@H]1C[C@H](O)C[C@H](C)O1. The van der Waals surface area contributed by atoms with Crippen LogP contribution >= 0.6 is 0 Å². The summed E-state index contributed by atoms with van der Waals surface area (Å²) in [5.74, 6) is 0.126. The number of aliphatic hydroxyl groups excluding tert-OH is 1. The third-order valence-electron chi connectivity index (χ3n) is 2.08. The van der Waals surface area contributed by atoms with E-state index in [0.717, 1.165) is 0 Å². The summed E-state index contributed by atoms with van der Waals surface area (Å²) in [5, 5.41) is 9.37. The molecule has 0 radical (unpaired) electrons. The van der Waals surface area contributed by atoms with Gasteiger partial charge in [0, 0.05) is 12.8 Å². The van der Waals surface area contributed by atoms with Crippen LogP contribution in [-0.4, -0.2) is 29.2 Å². The molecule has 0 saturated carbocycles. The first-order chi connectivity index (χ1) is 5.58. The zero-order valence-corrected chi connectivity index (χ0v) is 7.62. The second-order valence-electron chi connectivity index (χ2n) is 3.60. The molecule has 3 atom stereocenters. The van der Waals surface area contributed by atoms with Crippen molar-refractivity contribution in [3.05, 3.63) is 0 Å². The van der Waals surface area contributed by atoms with Gasteiger partial charge in [-0.15, -0.1) is 0 Å². The Morgan fingerprint density at radius 3 is 2.75 bits per heavy atom. The highest BCUT2D eigenvalue weighted by molar-refractivity contribution is 5.75. The van der Waals surface area contributed by atoms with E-state index in [1.54, 1.807) is 6.92 Å². The van der Waals surface area contributed by atoms with Crippen molar-refractivity contribution >= 4 is 5.78 Å². The largest absolute Gasteiger partial charge is 0.393 e. The summed E-state index contributed by atoms with van der Waals surface area (Å²) in [6.07, 6.45) is 1.44. The summed E-state index contributed by atoms with van der Waals surface area (Å²) >= 11 is 0. The molecule has 0 aromatic rings. The first kappa shape index (κ1) is 9.68. The van der Waals surface area contributed by atoms with E-state index >= 15 is 0 Å². The smallest absolute Gasteiger partial charge is 0.132 e. The molecule has 0 bridgehead atoms. The molecule has 0 spiro atoms. The molecule has 1 rings (SSSR count). The number of Topliss-reactive ketones (excluding diaryl/α,β-unsaturated/α-hetero) is 1. The molecular formula is C9H16O3. The van der Waals surface area contributed by atoms with Crippen LogP contribution in [-0.2, 0) is 9.53 Å². The number of carbonyl (C=O) groups is 1. The maximum atomic E-state index is 10.8. The highest BCUT2D eigenvalue weighted by Gasteiger charge is 2.26. The minimum Gasteiger partial charge on any atom is -0.393 e. The normalized spacial score (nSPS) is 36.4. The van der Waals surface area contributed by atoms with Gasteiger partial charge in [0.1, 0.15) is 5.78 Å². The first-order valence-corrected chi connectivity index (χ1v) is 4.41. The van der Waals surface area contributed by atoms with Crippen molar-refractivity contribution in [3.8, 4) is 0 Å². The average Bonchev–Trinajstić information content (AvgIpc) is 1.81. The van der Waals surface area contributed by atoms with Crippen molar-refractivity contribution in [2.24, 2.45) is 0 Å². The van der Waals surface area contributed by atoms with Crippen LogP contribution in [0.5, 0.6) is 0 Å². The molecule has 1 N–H and O–H groups in total. The Balaban J connectivity index is 2.38. The Morgan fingerprint density at radius 1 is 1.58 bits per heavy atom. The van der Waals surface area contributed by atoms with Crippen LogP contribution in [0.25, 0.3) is 0 Å². The van der Waals surface area contributed by atoms with Crippen molar-refractivity contribution < 1.29 is 14.6 Å². The summed E-state index contributed by atoms with van der Waals surface area (Å²) in [6.45, 7) is 3.48. The predicted molar refractivity (Wildman–Crippen MR) is 44.9 cm³/mol. The second kappa shape index (κ2) is 4.01. The molecule has 0 amide bonds. The Kier molecular flexibility index (Phi) is 3.23. The summed E-state index contributed by atoms with van der Waals surface area (Å²) in [7, 11) is 0. The molecule has 3 nitrogen and oxygen atoms in total. The van der Waals surface area contributed by atoms with E-state index in [0.29, 0.717) is 19.3 Å². The molecule has 3 heteroatoms. The number of rotatable bonds is 2. The number of ketones is 1. The lowest BCUT2D eigenvalue weighted by Gasteiger charge is -2.30. The topological polar surface area (TPSA) is 46.5 Å². The number of carbonyl (C=O) groups excluding carboxylic acids is 1. The van der Waals surface area contributed by atoms with Crippen molar-refractivity contribution in [2.45, 2.75) is 51.4 Å². The van der Waals surface area contributed by atoms with Gasteiger partial charge in [-0.05, 0) is 20.3 Å². The van der Waals surface area contributed by atoms with Crippen LogP contribution in [0.3, 0.4) is 0 Å². The molecule has 0 unspecified atom stereocenters. The lowest BCUT2D eigenvalue weighted by molar-refractivity contribution is -0.126. The molecule has 1 aliphatic heterocycles. The third kappa shape index (κ3) is 2.91. The van der Waals surface area contributed by atoms with Gasteiger partial charge in [-0.25, -0.2) is 0 Å². The zero-order valence-electron chi connectivity index (χ0n) is 7.62. The molecule has 0 aliphatic carbocycles. The predicted octanol–water partition coefficient (Wildman–Crippen LogP) is 0.894. The van der Waals surface area contributed by atoms with E-state index in [1.165, 1.54) is 0 Å². The summed E-state index contributed by atoms with van der Waals surface area (Å²) < 4.78 is 5.49. The fourth-order valence-electron chi connectivity index (χ4n) is 1.67. The van der Waals surface area contributed by atoms with Gasteiger partial charge in [0.05, 0.1) is 18.3 Å². The van der Waals surface area contributed by atoms with Crippen LogP contribution in [0.4, 0.5) is 0 Å². The van der Waals surface area contributed by atoms with Gasteiger partial charge in [-0.3, -0.25) is 4.79 Å². The van der Waals surface area contributed by atoms with Crippen molar-refractivity contribution in [3.63, 3.8) is 0 Å². The van der Waals surface area contributed by atoms with Crippen molar-refractivity contribution in [2.75, 3.05) is 0 Å². The number of hydrogen-bond acceptors (Lipinski definition) is 3. The maximum absolute atomic E-state index is 10.8. The molecule has 1 fully saturated rings. The Morgan fingerprint density at radius 2 is 2.25 bits per heavy atom. The minimum absolute atomic E-state index is 0.0683. The molecule has 1 heterocycles. The summed E-state index contributed by atoms with van der Waals surface area (Å²) in [4.78, 5) is 10.8. The third-order valence-corrected chi connectivity index (χ3v) is 2.08. The van der Waals surface area contributed by atoms with E-state index in [-0.39, 0.29) is 24.1 Å². The van der Waals surface area contributed by atoms with Crippen LogP contribution in [0, 0.1) is 0 Å². The van der Waals surface area contributed by atoms with Gasteiger partial charge in [0.15, 0.2) is 0 Å². The van der Waals surface area contributed by atoms with Gasteiger partial charge in [0.25, 0.3) is 0 Å². The van der Waals surface area contributed by atoms with Crippen molar-refractivity contribution in [1.82, 2.24) is 0 Å². The Bertz CT molecular complexity index is 157. The molecular weight excluding hydrogens is 156 g/mol. The minimum atomic E-state index is -0.293. The quantitative estimate of drug-likeness (QED) is 0.673. The number of ether oxygens (including phenoxy) is 1. The number of aliphatic hydroxyl groups is 1. The monoisotopic (exact) mass is 172 g/mol. The van der Waals surface area contributed by atoms with Crippen LogP contribution < -0.4 is 0 Å². The second-order valence-corrected chi connectivity index (χ2v) is 3.60. The van der Waals surface area contributed by atoms with Gasteiger partial charge in [0.2, 0.25) is 0 Å². The lowest BCUT2D eigenvalue weighted by Crippen LogP contribution is -2.35. The van der Waals surface area contributed by atoms with E-state index in [9.17, 15) is 9.90 Å². The van der Waals surface area contributed by atoms with E-state index in [1.807, 2.05) is 6.92 Å². The highest BCUT2D eigenvalue weighted by Crippen LogP contribution is 2.21. The van der Waals surface area contributed by atoms with E-state index in [2.05, 4.69) is 0 Å². The number of hydrogen-bond donors (Lipinski definition) is 1. The zero-order chi connectivity index (χ0) is 9.14. The fourth-order valence-corrected chi connectivity index (χ4v) is 1.67. The highest BCUT2D eigenvalue weighted by atomic mass is 16.5. The van der Waals surface area contributed by atoms with Gasteiger partial charge in [-0.1, -0.05) is 0 Å². The molecule has 0 aromatic carbocycles. The summed E-state index contributed by atoms with van der Waals surface area (Å²) in [5.41, 5.74) is 0. The van der Waals surface area contributed by atoms with Crippen LogP contribution in [0.15, 0.2) is 0 Å². The molecule has 70 valence electrons. The van der Waals surface area contributed by atoms with E-state index in [4.69, 9.17) is 4.74 Å². The van der Waals surface area contributed by atoms with Gasteiger partial charge in [-0.2, -0.15) is 0 Å². The Hall–Kier alpha value is -0.410. The standard InChI is InChI=1S/C9H16O3/c1-6(10)3-9-5-8(11)4-7(2)12-9/h7-9,11H,3-5H2,1-2H3/t7-,8+,9-/m0/s1. The van der Waals surface area contributed by atoms with Gasteiger partial charge < -0.3 is 9.84 Å². The lowest BCUT2D eigenvalue weighted by atomic mass is 9.99. The summed E-state index contributed by atoms with van der Waals surface area (Å²) in [6, 6.07) is 0. The first-order valence-electron chi connectivity index (χ1n) is 4.41. The molecule has 0 aromatic heterocycles. The molecule has 12 heavy (non-hydrogen) atoms. The van der Waals surface area contributed by atoms with Gasteiger partial charge >= 0.3 is 0 Å². The molecule has 1 aliphatic rings. The maximum Gasteiger partial charge on any atom is 0.132 e. The van der Waals surface area contributed by atoms with Crippen molar-refractivity contribution in [1.29, 1.82) is 0 Å². The average molecular weight is 172 g/mol. The van der Waals surface area contributed by atoms with Crippen LogP contribution in [0.2, 0.25) is 0 Å². The molecule has 1 saturated heterocycles.